The molecule has 1 atom stereocenters. The molecule has 0 N–H and O–H groups in total. The molecule has 0 radical (unpaired) electrons. The Morgan fingerprint density at radius 1 is 1.40 bits per heavy atom. The first-order valence-corrected chi connectivity index (χ1v) is 5.01. The van der Waals surface area contributed by atoms with Gasteiger partial charge in [0.15, 0.2) is 0 Å². The maximum Gasteiger partial charge on any atom is 0.313 e. The molecular weight excluding hydrogens is 192 g/mol. The third-order valence-corrected chi connectivity index (χ3v) is 2.91. The lowest BCUT2D eigenvalue weighted by Crippen LogP contribution is -2.11. The minimum Gasteiger partial charge on any atom is -0.497 e. The van der Waals surface area contributed by atoms with Crippen molar-refractivity contribution in [2.24, 2.45) is 0 Å². The van der Waals surface area contributed by atoms with Crippen molar-refractivity contribution in [1.82, 2.24) is 0 Å². The van der Waals surface area contributed by atoms with E-state index in [2.05, 4.69) is 0 Å². The quantitative estimate of drug-likeness (QED) is 0.693. The molecule has 1 aromatic rings. The number of benzene rings is 1. The predicted molar refractivity (Wildman–Crippen MR) is 56.1 cm³/mol. The highest BCUT2D eigenvalue weighted by Gasteiger charge is 2.29. The van der Waals surface area contributed by atoms with Crippen molar-refractivity contribution >= 4 is 5.97 Å². The Morgan fingerprint density at radius 3 is 2.87 bits per heavy atom. The summed E-state index contributed by atoms with van der Waals surface area (Å²) in [7, 11) is 3.08. The van der Waals surface area contributed by atoms with Crippen LogP contribution in [-0.2, 0) is 16.0 Å². The molecule has 0 aromatic heterocycles. The van der Waals surface area contributed by atoms with Crippen LogP contribution in [0.2, 0.25) is 0 Å². The highest BCUT2D eigenvalue weighted by atomic mass is 16.5. The summed E-state index contributed by atoms with van der Waals surface area (Å²) in [4.78, 5) is 11.5. The molecule has 0 bridgehead atoms. The van der Waals surface area contributed by atoms with E-state index in [1.165, 1.54) is 12.7 Å². The maximum atomic E-state index is 11.5. The molecule has 0 spiro atoms. The van der Waals surface area contributed by atoms with E-state index in [4.69, 9.17) is 9.47 Å². The summed E-state index contributed by atoms with van der Waals surface area (Å²) < 4.78 is 9.92. The molecule has 2 rings (SSSR count). The molecule has 1 unspecified atom stereocenters. The van der Waals surface area contributed by atoms with E-state index in [9.17, 15) is 4.79 Å². The van der Waals surface area contributed by atoms with Crippen molar-refractivity contribution in [3.8, 4) is 5.75 Å². The average Bonchev–Trinajstić information content (AvgIpc) is 2.70. The van der Waals surface area contributed by atoms with Gasteiger partial charge in [-0.3, -0.25) is 4.79 Å². The maximum absolute atomic E-state index is 11.5. The number of fused-ring (bicyclic) bond motifs is 1. The van der Waals surface area contributed by atoms with Gasteiger partial charge in [0.2, 0.25) is 0 Å². The Bertz CT molecular complexity index is 384. The van der Waals surface area contributed by atoms with Crippen molar-refractivity contribution in [2.45, 2.75) is 18.8 Å². The lowest BCUT2D eigenvalue weighted by Gasteiger charge is -2.09. The Hall–Kier alpha value is -1.51. The summed E-state index contributed by atoms with van der Waals surface area (Å²) in [6.45, 7) is 0. The zero-order valence-electron chi connectivity index (χ0n) is 8.95. The number of rotatable bonds is 2. The summed E-state index contributed by atoms with van der Waals surface area (Å²) in [6, 6.07) is 5.85. The Labute approximate surface area is 89.0 Å². The van der Waals surface area contributed by atoms with Crippen LogP contribution in [0.15, 0.2) is 18.2 Å². The topological polar surface area (TPSA) is 35.5 Å². The number of carbonyl (C=O) groups is 1. The SMILES string of the molecule is COC(=O)C1CCc2cc(OC)ccc21. The summed E-state index contributed by atoms with van der Waals surface area (Å²) in [5.74, 6) is 0.620. The molecule has 80 valence electrons. The van der Waals surface area contributed by atoms with Crippen LogP contribution in [0.25, 0.3) is 0 Å². The summed E-state index contributed by atoms with van der Waals surface area (Å²) in [6.07, 6.45) is 1.77. The molecule has 0 aliphatic heterocycles. The van der Waals surface area contributed by atoms with Crippen LogP contribution in [0.3, 0.4) is 0 Å². The van der Waals surface area contributed by atoms with E-state index in [0.717, 1.165) is 24.2 Å². The van der Waals surface area contributed by atoms with Gasteiger partial charge in [0.1, 0.15) is 5.75 Å². The van der Waals surface area contributed by atoms with Crippen LogP contribution in [0.4, 0.5) is 0 Å². The third kappa shape index (κ3) is 1.69. The number of esters is 1. The van der Waals surface area contributed by atoms with Crippen molar-refractivity contribution in [3.05, 3.63) is 29.3 Å². The second-order valence-corrected chi connectivity index (χ2v) is 3.68. The molecule has 0 saturated heterocycles. The van der Waals surface area contributed by atoms with Gasteiger partial charge in [-0.2, -0.15) is 0 Å². The van der Waals surface area contributed by atoms with Crippen LogP contribution in [0, 0.1) is 0 Å². The number of hydrogen-bond donors (Lipinski definition) is 0. The molecule has 1 aliphatic carbocycles. The van der Waals surface area contributed by atoms with E-state index in [-0.39, 0.29) is 11.9 Å². The largest absolute Gasteiger partial charge is 0.497 e. The Kier molecular flexibility index (Phi) is 2.62. The fraction of sp³-hybridized carbons (Fsp3) is 0.417. The van der Waals surface area contributed by atoms with Gasteiger partial charge in [-0.25, -0.2) is 0 Å². The fourth-order valence-corrected chi connectivity index (χ4v) is 2.11. The summed E-state index contributed by atoms with van der Waals surface area (Å²) >= 11 is 0. The van der Waals surface area contributed by atoms with Crippen molar-refractivity contribution in [1.29, 1.82) is 0 Å². The molecule has 1 aliphatic rings. The van der Waals surface area contributed by atoms with Crippen LogP contribution in [-0.4, -0.2) is 20.2 Å². The molecule has 0 heterocycles. The molecular formula is C12H14O3. The number of ether oxygens (including phenoxy) is 2. The zero-order chi connectivity index (χ0) is 10.8. The smallest absolute Gasteiger partial charge is 0.313 e. The number of methoxy groups -OCH3 is 2. The second-order valence-electron chi connectivity index (χ2n) is 3.68. The second kappa shape index (κ2) is 3.93. The number of carbonyl (C=O) groups excluding carboxylic acids is 1. The molecule has 1 aromatic carbocycles. The number of hydrogen-bond acceptors (Lipinski definition) is 3. The van der Waals surface area contributed by atoms with Crippen LogP contribution >= 0.6 is 0 Å². The highest BCUT2D eigenvalue weighted by molar-refractivity contribution is 5.79. The minimum atomic E-state index is -0.140. The first-order chi connectivity index (χ1) is 7.26. The average molecular weight is 206 g/mol. The molecule has 15 heavy (non-hydrogen) atoms. The van der Waals surface area contributed by atoms with E-state index in [1.54, 1.807) is 7.11 Å². The van der Waals surface area contributed by atoms with Gasteiger partial charge < -0.3 is 9.47 Å². The van der Waals surface area contributed by atoms with Gasteiger partial charge in [0.05, 0.1) is 20.1 Å². The van der Waals surface area contributed by atoms with Gasteiger partial charge in [-0.05, 0) is 36.1 Å². The van der Waals surface area contributed by atoms with Crippen molar-refractivity contribution in [2.75, 3.05) is 14.2 Å². The zero-order valence-corrected chi connectivity index (χ0v) is 8.95. The van der Waals surface area contributed by atoms with Crippen LogP contribution in [0.5, 0.6) is 5.75 Å². The Balaban J connectivity index is 2.32. The number of aryl methyl sites for hydroxylation is 1. The van der Waals surface area contributed by atoms with Gasteiger partial charge >= 0.3 is 5.97 Å². The van der Waals surface area contributed by atoms with Gasteiger partial charge in [0.25, 0.3) is 0 Å². The fourth-order valence-electron chi connectivity index (χ4n) is 2.11. The third-order valence-electron chi connectivity index (χ3n) is 2.91. The first kappa shape index (κ1) is 10.0. The summed E-state index contributed by atoms with van der Waals surface area (Å²) in [5, 5.41) is 0. The molecule has 0 amide bonds. The molecule has 3 nitrogen and oxygen atoms in total. The first-order valence-electron chi connectivity index (χ1n) is 5.01. The van der Waals surface area contributed by atoms with Crippen molar-refractivity contribution < 1.29 is 14.3 Å². The van der Waals surface area contributed by atoms with E-state index in [1.807, 2.05) is 18.2 Å². The van der Waals surface area contributed by atoms with Gasteiger partial charge in [-0.1, -0.05) is 6.07 Å². The monoisotopic (exact) mass is 206 g/mol. The highest BCUT2D eigenvalue weighted by Crippen LogP contribution is 2.35. The summed E-state index contributed by atoms with van der Waals surface area (Å²) in [5.41, 5.74) is 2.28. The predicted octanol–water partition coefficient (Wildman–Crippen LogP) is 1.90. The van der Waals surface area contributed by atoms with Crippen LogP contribution in [0.1, 0.15) is 23.5 Å². The minimum absolute atomic E-state index is 0.0871. The van der Waals surface area contributed by atoms with E-state index < -0.39 is 0 Å². The Morgan fingerprint density at radius 2 is 2.20 bits per heavy atom. The van der Waals surface area contributed by atoms with Crippen LogP contribution < -0.4 is 4.74 Å². The lowest BCUT2D eigenvalue weighted by molar-refractivity contribution is -0.142. The van der Waals surface area contributed by atoms with Crippen molar-refractivity contribution in [3.63, 3.8) is 0 Å². The molecule has 0 saturated carbocycles. The van der Waals surface area contributed by atoms with E-state index in [0.29, 0.717) is 0 Å². The lowest BCUT2D eigenvalue weighted by atomic mass is 10.0. The van der Waals surface area contributed by atoms with Gasteiger partial charge in [0, 0.05) is 0 Å². The molecule has 0 fully saturated rings. The van der Waals surface area contributed by atoms with E-state index >= 15 is 0 Å². The standard InChI is InChI=1S/C12H14O3/c1-14-9-4-6-10-8(7-9)3-5-11(10)12(13)15-2/h4,6-7,11H,3,5H2,1-2H3. The normalized spacial score (nSPS) is 18.4. The molecule has 3 heteroatoms. The van der Waals surface area contributed by atoms with Gasteiger partial charge in [-0.15, -0.1) is 0 Å².